The molecular formula is C20H23Cl2N5. The first kappa shape index (κ1) is 19.7. The summed E-state index contributed by atoms with van der Waals surface area (Å²) in [5.41, 5.74) is 2.80. The molecule has 2 aromatic heterocycles. The van der Waals surface area contributed by atoms with Crippen LogP contribution in [0.5, 0.6) is 0 Å². The molecule has 0 atom stereocenters. The highest BCUT2D eigenvalue weighted by molar-refractivity contribution is 6.31. The molecule has 0 bridgehead atoms. The van der Waals surface area contributed by atoms with Crippen LogP contribution in [0.1, 0.15) is 24.1 Å². The Morgan fingerprint density at radius 3 is 2.67 bits per heavy atom. The van der Waals surface area contributed by atoms with Crippen molar-refractivity contribution in [3.63, 3.8) is 0 Å². The number of hydrogen-bond donors (Lipinski definition) is 2. The molecule has 0 aliphatic rings. The summed E-state index contributed by atoms with van der Waals surface area (Å²) in [6.45, 7) is 4.49. The number of rotatable bonds is 9. The van der Waals surface area contributed by atoms with Gasteiger partial charge in [-0.2, -0.15) is 5.10 Å². The van der Waals surface area contributed by atoms with E-state index in [1.54, 1.807) is 10.9 Å². The zero-order valence-corrected chi connectivity index (χ0v) is 16.8. The van der Waals surface area contributed by atoms with Crippen molar-refractivity contribution < 1.29 is 0 Å². The van der Waals surface area contributed by atoms with Gasteiger partial charge in [0.2, 0.25) is 0 Å². The van der Waals surface area contributed by atoms with Crippen LogP contribution in [0, 0.1) is 6.92 Å². The minimum atomic E-state index is 0.624. The topological polar surface area (TPSA) is 54.8 Å². The predicted octanol–water partition coefficient (Wildman–Crippen LogP) is 4.86. The third-order valence-corrected chi connectivity index (χ3v) is 4.85. The van der Waals surface area contributed by atoms with E-state index in [0.29, 0.717) is 16.7 Å². The van der Waals surface area contributed by atoms with Crippen molar-refractivity contribution in [3.05, 3.63) is 70.1 Å². The van der Waals surface area contributed by atoms with Crippen LogP contribution < -0.4 is 10.6 Å². The lowest BCUT2D eigenvalue weighted by molar-refractivity contribution is 0.631. The number of hydrogen-bond acceptors (Lipinski definition) is 4. The summed E-state index contributed by atoms with van der Waals surface area (Å²) < 4.78 is 1.73. The maximum atomic E-state index is 6.55. The highest BCUT2D eigenvalue weighted by Gasteiger charge is 2.14. The first-order chi connectivity index (χ1) is 13.1. The molecule has 0 amide bonds. The number of aryl methyl sites for hydroxylation is 1. The van der Waals surface area contributed by atoms with E-state index in [1.807, 2.05) is 49.4 Å². The second-order valence-electron chi connectivity index (χ2n) is 6.27. The predicted molar refractivity (Wildman–Crippen MR) is 112 cm³/mol. The normalized spacial score (nSPS) is 10.9. The van der Waals surface area contributed by atoms with Crippen LogP contribution in [0.2, 0.25) is 10.2 Å². The molecule has 0 fully saturated rings. The van der Waals surface area contributed by atoms with E-state index in [1.165, 1.54) is 0 Å². The minimum absolute atomic E-state index is 0.624. The Labute approximate surface area is 169 Å². The van der Waals surface area contributed by atoms with Gasteiger partial charge in [-0.1, -0.05) is 35.3 Å². The molecule has 0 spiro atoms. The maximum absolute atomic E-state index is 6.55. The highest BCUT2D eigenvalue weighted by Crippen LogP contribution is 2.24. The Balaban J connectivity index is 1.45. The average Bonchev–Trinajstić information content (AvgIpc) is 2.96. The summed E-state index contributed by atoms with van der Waals surface area (Å²) >= 11 is 12.6. The Kier molecular flexibility index (Phi) is 7.10. The monoisotopic (exact) mass is 403 g/mol. The molecule has 0 saturated heterocycles. The van der Waals surface area contributed by atoms with Gasteiger partial charge in [-0.25, -0.2) is 9.67 Å². The second-order valence-corrected chi connectivity index (χ2v) is 7.07. The summed E-state index contributed by atoms with van der Waals surface area (Å²) in [5.74, 6) is 0.918. The van der Waals surface area contributed by atoms with Crippen LogP contribution >= 0.6 is 23.2 Å². The Bertz CT molecular complexity index is 864. The molecule has 3 rings (SSSR count). The van der Waals surface area contributed by atoms with Gasteiger partial charge in [-0.15, -0.1) is 0 Å². The number of nitrogens with one attached hydrogen (secondary N) is 2. The number of nitrogens with zero attached hydrogens (tertiary/aromatic N) is 3. The molecule has 1 aromatic carbocycles. The van der Waals surface area contributed by atoms with E-state index >= 15 is 0 Å². The van der Waals surface area contributed by atoms with Crippen molar-refractivity contribution in [3.8, 4) is 5.69 Å². The van der Waals surface area contributed by atoms with Gasteiger partial charge in [0.05, 0.1) is 11.4 Å². The lowest BCUT2D eigenvalue weighted by atomic mass is 10.2. The SMILES string of the molecule is Cc1nn(-c2cccc(Cl)c2)c(Cl)c1CNCCCCNc1ccccn1. The van der Waals surface area contributed by atoms with Crippen molar-refractivity contribution in [1.82, 2.24) is 20.1 Å². The molecule has 7 heteroatoms. The molecule has 0 aliphatic heterocycles. The Morgan fingerprint density at radius 2 is 1.89 bits per heavy atom. The Hall–Kier alpha value is -2.08. The van der Waals surface area contributed by atoms with Crippen molar-refractivity contribution in [2.24, 2.45) is 0 Å². The fraction of sp³-hybridized carbons (Fsp3) is 0.300. The molecule has 0 aliphatic carbocycles. The van der Waals surface area contributed by atoms with Gasteiger partial charge >= 0.3 is 0 Å². The molecule has 27 heavy (non-hydrogen) atoms. The van der Waals surface area contributed by atoms with Crippen LogP contribution in [0.3, 0.4) is 0 Å². The number of benzene rings is 1. The van der Waals surface area contributed by atoms with Crippen LogP contribution in [0.4, 0.5) is 5.82 Å². The lowest BCUT2D eigenvalue weighted by Crippen LogP contribution is -2.16. The number of pyridine rings is 1. The zero-order valence-electron chi connectivity index (χ0n) is 15.3. The third-order valence-electron chi connectivity index (χ3n) is 4.23. The van der Waals surface area contributed by atoms with E-state index in [2.05, 4.69) is 20.7 Å². The molecule has 5 nitrogen and oxygen atoms in total. The van der Waals surface area contributed by atoms with Crippen LogP contribution in [0.25, 0.3) is 5.69 Å². The van der Waals surface area contributed by atoms with Crippen molar-refractivity contribution in [2.45, 2.75) is 26.3 Å². The van der Waals surface area contributed by atoms with Crippen LogP contribution in [0.15, 0.2) is 48.7 Å². The van der Waals surface area contributed by atoms with E-state index in [-0.39, 0.29) is 0 Å². The molecule has 0 radical (unpaired) electrons. The van der Waals surface area contributed by atoms with E-state index in [0.717, 1.165) is 48.7 Å². The molecule has 2 N–H and O–H groups in total. The first-order valence-corrected chi connectivity index (χ1v) is 9.76. The zero-order chi connectivity index (χ0) is 19.1. The summed E-state index contributed by atoms with van der Waals surface area (Å²) in [7, 11) is 0. The van der Waals surface area contributed by atoms with Gasteiger partial charge in [-0.05, 0) is 56.6 Å². The first-order valence-electron chi connectivity index (χ1n) is 9.00. The highest BCUT2D eigenvalue weighted by atomic mass is 35.5. The van der Waals surface area contributed by atoms with Gasteiger partial charge in [0.25, 0.3) is 0 Å². The number of anilines is 1. The molecule has 3 aromatic rings. The Morgan fingerprint density at radius 1 is 1.04 bits per heavy atom. The maximum Gasteiger partial charge on any atom is 0.137 e. The largest absolute Gasteiger partial charge is 0.370 e. The van der Waals surface area contributed by atoms with Crippen LogP contribution in [-0.4, -0.2) is 27.9 Å². The van der Waals surface area contributed by atoms with Gasteiger partial charge in [0.15, 0.2) is 0 Å². The van der Waals surface area contributed by atoms with Gasteiger partial charge < -0.3 is 10.6 Å². The molecule has 0 unspecified atom stereocenters. The van der Waals surface area contributed by atoms with Gasteiger partial charge in [0.1, 0.15) is 11.0 Å². The van der Waals surface area contributed by atoms with Crippen molar-refractivity contribution in [1.29, 1.82) is 0 Å². The average molecular weight is 404 g/mol. The molecule has 2 heterocycles. The third kappa shape index (κ3) is 5.45. The fourth-order valence-corrected chi connectivity index (χ4v) is 3.31. The minimum Gasteiger partial charge on any atom is -0.370 e. The lowest BCUT2D eigenvalue weighted by Gasteiger charge is -2.07. The van der Waals surface area contributed by atoms with Crippen molar-refractivity contribution in [2.75, 3.05) is 18.4 Å². The summed E-state index contributed by atoms with van der Waals surface area (Å²) in [5, 5.41) is 12.6. The summed E-state index contributed by atoms with van der Waals surface area (Å²) in [6, 6.07) is 13.4. The van der Waals surface area contributed by atoms with E-state index < -0.39 is 0 Å². The smallest absolute Gasteiger partial charge is 0.137 e. The second kappa shape index (κ2) is 9.74. The summed E-state index contributed by atoms with van der Waals surface area (Å²) in [6.07, 6.45) is 3.93. The van der Waals surface area contributed by atoms with Gasteiger partial charge in [-0.3, -0.25) is 0 Å². The number of aromatic nitrogens is 3. The fourth-order valence-electron chi connectivity index (χ4n) is 2.78. The number of unbranched alkanes of at least 4 members (excludes halogenated alkanes) is 1. The molecular weight excluding hydrogens is 381 g/mol. The quantitative estimate of drug-likeness (QED) is 0.500. The van der Waals surface area contributed by atoms with Gasteiger partial charge in [0, 0.05) is 29.9 Å². The molecule has 0 saturated carbocycles. The van der Waals surface area contributed by atoms with E-state index in [9.17, 15) is 0 Å². The molecule has 142 valence electrons. The summed E-state index contributed by atoms with van der Waals surface area (Å²) in [4.78, 5) is 4.25. The van der Waals surface area contributed by atoms with Crippen LogP contribution in [-0.2, 0) is 6.54 Å². The van der Waals surface area contributed by atoms with E-state index in [4.69, 9.17) is 23.2 Å². The standard InChI is InChI=1S/C20H23Cl2N5/c1-15-18(20(22)27(26-15)17-8-6-7-16(21)13-17)14-23-10-4-5-12-25-19-9-2-3-11-24-19/h2-3,6-9,11,13,23H,4-5,10,12,14H2,1H3,(H,24,25). The number of halogens is 2. The van der Waals surface area contributed by atoms with Crippen molar-refractivity contribution >= 4 is 29.0 Å².